The first-order valence-corrected chi connectivity index (χ1v) is 7.63. The van der Waals surface area contributed by atoms with Gasteiger partial charge in [0.15, 0.2) is 9.84 Å². The van der Waals surface area contributed by atoms with Crippen LogP contribution < -0.4 is 10.6 Å². The zero-order chi connectivity index (χ0) is 13.1. The molecule has 0 bridgehead atoms. The van der Waals surface area contributed by atoms with Crippen molar-refractivity contribution >= 4 is 15.7 Å². The lowest BCUT2D eigenvalue weighted by atomic mass is 10.1. The Morgan fingerprint density at radius 1 is 1.41 bits per heavy atom. The lowest BCUT2D eigenvalue weighted by Crippen LogP contribution is -2.49. The molecule has 5 nitrogen and oxygen atoms in total. The van der Waals surface area contributed by atoms with Crippen LogP contribution in [0.5, 0.6) is 0 Å². The number of amides is 1. The van der Waals surface area contributed by atoms with Crippen molar-refractivity contribution < 1.29 is 13.2 Å². The van der Waals surface area contributed by atoms with E-state index in [9.17, 15) is 13.2 Å². The van der Waals surface area contributed by atoms with Gasteiger partial charge in [-0.25, -0.2) is 8.42 Å². The molecule has 1 amide bonds. The summed E-state index contributed by atoms with van der Waals surface area (Å²) in [5.41, 5.74) is 0. The maximum Gasteiger partial charge on any atom is 0.237 e. The summed E-state index contributed by atoms with van der Waals surface area (Å²) in [7, 11) is -3.11. The van der Waals surface area contributed by atoms with Crippen molar-refractivity contribution in [2.75, 3.05) is 18.8 Å². The SMILES string of the molecule is CC(C)(C)S(=O)(=O)CCNC1CCCNC1=O. The minimum Gasteiger partial charge on any atom is -0.355 e. The van der Waals surface area contributed by atoms with E-state index in [2.05, 4.69) is 10.6 Å². The van der Waals surface area contributed by atoms with Gasteiger partial charge >= 0.3 is 0 Å². The van der Waals surface area contributed by atoms with Crippen LogP contribution in [0.1, 0.15) is 33.6 Å². The third kappa shape index (κ3) is 3.96. The Bertz CT molecular complexity index is 371. The van der Waals surface area contributed by atoms with Crippen LogP contribution >= 0.6 is 0 Å². The Morgan fingerprint density at radius 2 is 2.06 bits per heavy atom. The summed E-state index contributed by atoms with van der Waals surface area (Å²) >= 11 is 0. The fourth-order valence-electron chi connectivity index (χ4n) is 1.64. The third-order valence-electron chi connectivity index (χ3n) is 2.98. The molecule has 1 aliphatic rings. The minimum atomic E-state index is -3.11. The number of hydrogen-bond acceptors (Lipinski definition) is 4. The summed E-state index contributed by atoms with van der Waals surface area (Å²) < 4.78 is 22.9. The van der Waals surface area contributed by atoms with Crippen LogP contribution in [0.3, 0.4) is 0 Å². The number of sulfone groups is 1. The van der Waals surface area contributed by atoms with Crippen LogP contribution in [0.15, 0.2) is 0 Å². The molecule has 2 N–H and O–H groups in total. The molecule has 1 rings (SSSR count). The molecule has 0 radical (unpaired) electrons. The number of hydrogen-bond donors (Lipinski definition) is 2. The molecule has 1 saturated heterocycles. The molecule has 1 aliphatic heterocycles. The minimum absolute atomic E-state index is 0.0237. The molecule has 17 heavy (non-hydrogen) atoms. The van der Waals surface area contributed by atoms with Crippen molar-refractivity contribution in [1.29, 1.82) is 0 Å². The van der Waals surface area contributed by atoms with Gasteiger partial charge in [0, 0.05) is 13.1 Å². The summed E-state index contributed by atoms with van der Waals surface area (Å²) in [6, 6.07) is -0.237. The molecular weight excluding hydrogens is 240 g/mol. The molecular formula is C11H22N2O3S. The van der Waals surface area contributed by atoms with Crippen LogP contribution in [0.25, 0.3) is 0 Å². The lowest BCUT2D eigenvalue weighted by Gasteiger charge is -2.24. The number of piperidine rings is 1. The summed E-state index contributed by atoms with van der Waals surface area (Å²) in [4.78, 5) is 11.4. The normalized spacial score (nSPS) is 22.3. The average molecular weight is 262 g/mol. The molecule has 6 heteroatoms. The summed E-state index contributed by atoms with van der Waals surface area (Å²) in [5.74, 6) is 0.0460. The fraction of sp³-hybridized carbons (Fsp3) is 0.909. The van der Waals surface area contributed by atoms with Gasteiger partial charge in [0.2, 0.25) is 5.91 Å². The summed E-state index contributed by atoms with van der Waals surface area (Å²) in [6.07, 6.45) is 1.72. The van der Waals surface area contributed by atoms with Crippen LogP contribution in [0.2, 0.25) is 0 Å². The van der Waals surface area contributed by atoms with Crippen molar-refractivity contribution in [2.45, 2.75) is 44.4 Å². The molecule has 1 atom stereocenters. The highest BCUT2D eigenvalue weighted by Crippen LogP contribution is 2.15. The van der Waals surface area contributed by atoms with E-state index >= 15 is 0 Å². The first-order valence-electron chi connectivity index (χ1n) is 5.97. The zero-order valence-corrected chi connectivity index (χ0v) is 11.6. The van der Waals surface area contributed by atoms with E-state index in [1.54, 1.807) is 20.8 Å². The van der Waals surface area contributed by atoms with Gasteiger partial charge in [-0.1, -0.05) is 0 Å². The Kier molecular flexibility index (Phi) is 4.55. The Morgan fingerprint density at radius 3 is 2.59 bits per heavy atom. The van der Waals surface area contributed by atoms with Gasteiger partial charge in [-0.2, -0.15) is 0 Å². The van der Waals surface area contributed by atoms with Gasteiger partial charge in [-0.15, -0.1) is 0 Å². The summed E-state index contributed by atoms with van der Waals surface area (Å²) in [6.45, 7) is 6.12. The van der Waals surface area contributed by atoms with E-state index < -0.39 is 14.6 Å². The quantitative estimate of drug-likeness (QED) is 0.752. The smallest absolute Gasteiger partial charge is 0.237 e. The molecule has 0 spiro atoms. The number of carbonyl (C=O) groups excluding carboxylic acids is 1. The van der Waals surface area contributed by atoms with Gasteiger partial charge in [0.05, 0.1) is 16.5 Å². The standard InChI is InChI=1S/C11H22N2O3S/c1-11(2,3)17(15,16)8-7-12-9-5-4-6-13-10(9)14/h9,12H,4-8H2,1-3H3,(H,13,14). The van der Waals surface area contributed by atoms with E-state index in [-0.39, 0.29) is 17.7 Å². The fourth-order valence-corrected chi connectivity index (χ4v) is 2.64. The highest BCUT2D eigenvalue weighted by molar-refractivity contribution is 7.92. The lowest BCUT2D eigenvalue weighted by molar-refractivity contribution is -0.124. The third-order valence-corrected chi connectivity index (χ3v) is 5.59. The second kappa shape index (κ2) is 5.35. The largest absolute Gasteiger partial charge is 0.355 e. The van der Waals surface area contributed by atoms with E-state index in [0.717, 1.165) is 19.4 Å². The molecule has 1 fully saturated rings. The van der Waals surface area contributed by atoms with Crippen LogP contribution in [-0.4, -0.2) is 44.0 Å². The van der Waals surface area contributed by atoms with Crippen LogP contribution in [0, 0.1) is 0 Å². The maximum atomic E-state index is 11.8. The van der Waals surface area contributed by atoms with Crippen molar-refractivity contribution in [3.8, 4) is 0 Å². The van der Waals surface area contributed by atoms with E-state index in [0.29, 0.717) is 6.54 Å². The first-order chi connectivity index (χ1) is 7.74. The van der Waals surface area contributed by atoms with E-state index in [1.165, 1.54) is 0 Å². The monoisotopic (exact) mass is 262 g/mol. The van der Waals surface area contributed by atoms with Gasteiger partial charge in [-0.05, 0) is 33.6 Å². The second-order valence-electron chi connectivity index (χ2n) is 5.37. The van der Waals surface area contributed by atoms with E-state index in [4.69, 9.17) is 0 Å². The number of rotatable bonds is 4. The Hall–Kier alpha value is -0.620. The van der Waals surface area contributed by atoms with Gasteiger partial charge in [-0.3, -0.25) is 4.79 Å². The van der Waals surface area contributed by atoms with Crippen LogP contribution in [0.4, 0.5) is 0 Å². The zero-order valence-electron chi connectivity index (χ0n) is 10.7. The summed E-state index contributed by atoms with van der Waals surface area (Å²) in [5, 5.41) is 5.77. The predicted octanol–water partition coefficient (Wildman–Crippen LogP) is 0.0679. The maximum absolute atomic E-state index is 11.8. The molecule has 1 heterocycles. The molecule has 100 valence electrons. The van der Waals surface area contributed by atoms with E-state index in [1.807, 2.05) is 0 Å². The highest BCUT2D eigenvalue weighted by Gasteiger charge is 2.29. The van der Waals surface area contributed by atoms with Crippen molar-refractivity contribution in [2.24, 2.45) is 0 Å². The molecule has 0 aromatic heterocycles. The van der Waals surface area contributed by atoms with Crippen molar-refractivity contribution in [1.82, 2.24) is 10.6 Å². The first kappa shape index (κ1) is 14.4. The van der Waals surface area contributed by atoms with Crippen molar-refractivity contribution in [3.05, 3.63) is 0 Å². The molecule has 0 aromatic carbocycles. The van der Waals surface area contributed by atoms with Crippen molar-refractivity contribution in [3.63, 3.8) is 0 Å². The number of nitrogens with one attached hydrogen (secondary N) is 2. The number of carbonyl (C=O) groups is 1. The molecule has 0 aromatic rings. The van der Waals surface area contributed by atoms with Gasteiger partial charge in [0.25, 0.3) is 0 Å². The van der Waals surface area contributed by atoms with Gasteiger partial charge in [0.1, 0.15) is 0 Å². The van der Waals surface area contributed by atoms with Crippen LogP contribution in [-0.2, 0) is 14.6 Å². The predicted molar refractivity (Wildman–Crippen MR) is 67.6 cm³/mol. The Balaban J connectivity index is 2.40. The molecule has 0 aliphatic carbocycles. The molecule has 0 saturated carbocycles. The highest BCUT2D eigenvalue weighted by atomic mass is 32.2. The Labute approximate surface area is 103 Å². The second-order valence-corrected chi connectivity index (χ2v) is 8.23. The molecule has 1 unspecified atom stereocenters. The van der Waals surface area contributed by atoms with Gasteiger partial charge < -0.3 is 10.6 Å². The average Bonchev–Trinajstić information content (AvgIpc) is 2.19. The topological polar surface area (TPSA) is 75.3 Å².